The molecule has 248 valence electrons. The van der Waals surface area contributed by atoms with Crippen LogP contribution >= 0.6 is 0 Å². The van der Waals surface area contributed by atoms with Crippen LogP contribution in [0.4, 0.5) is 11.4 Å². The molecule has 0 heterocycles. The third-order valence-electron chi connectivity index (χ3n) is 9.45. The maximum atomic E-state index is 3.64. The topological polar surface area (TPSA) is 12.0 Å². The van der Waals surface area contributed by atoms with Crippen LogP contribution in [0.2, 0.25) is 0 Å². The lowest BCUT2D eigenvalue weighted by Gasteiger charge is -2.14. The standard InChI is InChI=1S/C50H43N/c1-35-15-21-45(22-16-35)48(43-11-7-5-8-12-43)33-39-17-23-41(24-18-39)42-25-27-46(28-26-42)49(44-13-9-6-10-14-44)34-40-19-29-47(30-20-40)51-50-37(3)31-36(2)32-38(50)4/h5-34,51H,1-4H3. The molecule has 1 N–H and O–H groups in total. The van der Waals surface area contributed by atoms with Crippen LogP contribution in [-0.4, -0.2) is 0 Å². The Morgan fingerprint density at radius 2 is 0.784 bits per heavy atom. The molecule has 7 aromatic rings. The monoisotopic (exact) mass is 657 g/mol. The molecule has 51 heavy (non-hydrogen) atoms. The van der Waals surface area contributed by atoms with Gasteiger partial charge in [-0.15, -0.1) is 0 Å². The van der Waals surface area contributed by atoms with Crippen LogP contribution in [0.25, 0.3) is 34.4 Å². The average Bonchev–Trinajstić information content (AvgIpc) is 3.16. The van der Waals surface area contributed by atoms with E-state index in [-0.39, 0.29) is 0 Å². The molecule has 0 bridgehead atoms. The molecule has 1 nitrogen and oxygen atoms in total. The zero-order chi connectivity index (χ0) is 35.2. The lowest BCUT2D eigenvalue weighted by atomic mass is 9.93. The summed E-state index contributed by atoms with van der Waals surface area (Å²) in [6.07, 6.45) is 4.58. The lowest BCUT2D eigenvalue weighted by molar-refractivity contribution is 1.31. The molecule has 0 aromatic heterocycles. The van der Waals surface area contributed by atoms with Gasteiger partial charge in [0, 0.05) is 11.4 Å². The summed E-state index contributed by atoms with van der Waals surface area (Å²) in [5, 5.41) is 3.64. The summed E-state index contributed by atoms with van der Waals surface area (Å²) in [4.78, 5) is 0. The molecule has 7 rings (SSSR count). The van der Waals surface area contributed by atoms with E-state index in [4.69, 9.17) is 0 Å². The molecule has 0 fully saturated rings. The number of hydrogen-bond acceptors (Lipinski definition) is 1. The van der Waals surface area contributed by atoms with E-state index in [1.165, 1.54) is 78.0 Å². The minimum absolute atomic E-state index is 1.08. The van der Waals surface area contributed by atoms with Gasteiger partial charge in [-0.1, -0.05) is 169 Å². The lowest BCUT2D eigenvalue weighted by Crippen LogP contribution is -1.97. The Bertz CT molecular complexity index is 2270. The first kappa shape index (κ1) is 33.3. The van der Waals surface area contributed by atoms with Gasteiger partial charge in [0.15, 0.2) is 0 Å². The molecule has 0 radical (unpaired) electrons. The molecule has 0 amide bonds. The molecule has 0 aliphatic heterocycles. The molecule has 7 aromatic carbocycles. The van der Waals surface area contributed by atoms with Gasteiger partial charge in [0.25, 0.3) is 0 Å². The van der Waals surface area contributed by atoms with Gasteiger partial charge < -0.3 is 5.32 Å². The van der Waals surface area contributed by atoms with Crippen molar-refractivity contribution < 1.29 is 0 Å². The zero-order valence-electron chi connectivity index (χ0n) is 29.8. The molecule has 1 heteroatoms. The second kappa shape index (κ2) is 15.2. The van der Waals surface area contributed by atoms with E-state index in [0.717, 1.165) is 11.3 Å². The largest absolute Gasteiger partial charge is 0.355 e. The molecule has 0 aliphatic carbocycles. The van der Waals surface area contributed by atoms with Crippen molar-refractivity contribution in [3.8, 4) is 11.1 Å². The predicted molar refractivity (Wildman–Crippen MR) is 220 cm³/mol. The van der Waals surface area contributed by atoms with Gasteiger partial charge >= 0.3 is 0 Å². The average molecular weight is 658 g/mol. The van der Waals surface area contributed by atoms with Crippen LogP contribution in [0.5, 0.6) is 0 Å². The first-order valence-electron chi connectivity index (χ1n) is 17.7. The number of benzene rings is 7. The second-order valence-electron chi connectivity index (χ2n) is 13.4. The van der Waals surface area contributed by atoms with Crippen molar-refractivity contribution in [1.29, 1.82) is 0 Å². The molecule has 0 saturated carbocycles. The third kappa shape index (κ3) is 8.01. The van der Waals surface area contributed by atoms with Gasteiger partial charge in [-0.3, -0.25) is 0 Å². The second-order valence-corrected chi connectivity index (χ2v) is 13.4. The van der Waals surface area contributed by atoms with Gasteiger partial charge in [-0.25, -0.2) is 0 Å². The highest BCUT2D eigenvalue weighted by molar-refractivity contribution is 5.93. The first-order chi connectivity index (χ1) is 24.9. The number of aryl methyl sites for hydroxylation is 4. The summed E-state index contributed by atoms with van der Waals surface area (Å²) in [5.41, 5.74) is 19.3. The van der Waals surface area contributed by atoms with Gasteiger partial charge in [-0.2, -0.15) is 0 Å². The van der Waals surface area contributed by atoms with Gasteiger partial charge in [-0.05, 0) is 119 Å². The Labute approximate surface area is 303 Å². The Kier molecular flexibility index (Phi) is 9.90. The summed E-state index contributed by atoms with van der Waals surface area (Å²) < 4.78 is 0. The Balaban J connectivity index is 1.14. The van der Waals surface area contributed by atoms with E-state index in [9.17, 15) is 0 Å². The minimum Gasteiger partial charge on any atom is -0.355 e. The fourth-order valence-electron chi connectivity index (χ4n) is 6.77. The molecule has 0 unspecified atom stereocenters. The fraction of sp³-hybridized carbons (Fsp3) is 0.0800. The predicted octanol–water partition coefficient (Wildman–Crippen LogP) is 13.5. The van der Waals surface area contributed by atoms with Crippen molar-refractivity contribution in [2.75, 3.05) is 5.32 Å². The maximum absolute atomic E-state index is 3.64. The van der Waals surface area contributed by atoms with E-state index >= 15 is 0 Å². The number of anilines is 2. The van der Waals surface area contributed by atoms with Crippen molar-refractivity contribution in [2.24, 2.45) is 0 Å². The van der Waals surface area contributed by atoms with E-state index in [1.54, 1.807) is 0 Å². The summed E-state index contributed by atoms with van der Waals surface area (Å²) in [7, 11) is 0. The summed E-state index contributed by atoms with van der Waals surface area (Å²) >= 11 is 0. The van der Waals surface area contributed by atoms with Crippen molar-refractivity contribution in [3.05, 3.63) is 225 Å². The van der Waals surface area contributed by atoms with Gasteiger partial charge in [0.1, 0.15) is 0 Å². The minimum atomic E-state index is 1.08. The number of hydrogen-bond donors (Lipinski definition) is 1. The SMILES string of the molecule is Cc1ccc(C(=Cc2ccc(-c3ccc(C(=Cc4ccc(Nc5c(C)cc(C)cc5C)cc4)c4ccccc4)cc3)cc2)c2ccccc2)cc1. The van der Waals surface area contributed by atoms with Crippen LogP contribution in [0.1, 0.15) is 55.6 Å². The molecule has 0 aliphatic rings. The highest BCUT2D eigenvalue weighted by Crippen LogP contribution is 2.32. The Morgan fingerprint density at radius 1 is 0.392 bits per heavy atom. The van der Waals surface area contributed by atoms with Crippen molar-refractivity contribution in [1.82, 2.24) is 0 Å². The zero-order valence-corrected chi connectivity index (χ0v) is 29.8. The molecular weight excluding hydrogens is 615 g/mol. The van der Waals surface area contributed by atoms with E-state index in [1.807, 2.05) is 0 Å². The number of nitrogens with one attached hydrogen (secondary N) is 1. The van der Waals surface area contributed by atoms with Crippen LogP contribution < -0.4 is 5.32 Å². The molecular formula is C50H43N. The number of rotatable bonds is 9. The first-order valence-corrected chi connectivity index (χ1v) is 17.7. The van der Waals surface area contributed by atoms with Crippen LogP contribution in [0, 0.1) is 27.7 Å². The molecule has 0 saturated heterocycles. The van der Waals surface area contributed by atoms with E-state index in [2.05, 4.69) is 215 Å². The summed E-state index contributed by atoms with van der Waals surface area (Å²) in [5.74, 6) is 0. The highest BCUT2D eigenvalue weighted by atomic mass is 14.9. The summed E-state index contributed by atoms with van der Waals surface area (Å²) in [6.45, 7) is 8.61. The van der Waals surface area contributed by atoms with E-state index < -0.39 is 0 Å². The fourth-order valence-corrected chi connectivity index (χ4v) is 6.77. The summed E-state index contributed by atoms with van der Waals surface area (Å²) in [6, 6.07) is 61.1. The van der Waals surface area contributed by atoms with Crippen LogP contribution in [0.3, 0.4) is 0 Å². The maximum Gasteiger partial charge on any atom is 0.0443 e. The highest BCUT2D eigenvalue weighted by Gasteiger charge is 2.09. The quantitative estimate of drug-likeness (QED) is 0.152. The van der Waals surface area contributed by atoms with Crippen molar-refractivity contribution in [2.45, 2.75) is 27.7 Å². The third-order valence-corrected chi connectivity index (χ3v) is 9.45. The van der Waals surface area contributed by atoms with Crippen molar-refractivity contribution in [3.63, 3.8) is 0 Å². The van der Waals surface area contributed by atoms with Crippen molar-refractivity contribution >= 4 is 34.7 Å². The van der Waals surface area contributed by atoms with Gasteiger partial charge in [0.2, 0.25) is 0 Å². The molecule has 0 atom stereocenters. The van der Waals surface area contributed by atoms with Gasteiger partial charge in [0.05, 0.1) is 0 Å². The normalized spacial score (nSPS) is 11.8. The molecule has 0 spiro atoms. The van der Waals surface area contributed by atoms with Crippen LogP contribution in [-0.2, 0) is 0 Å². The Hall–Kier alpha value is -6.18. The van der Waals surface area contributed by atoms with E-state index in [0.29, 0.717) is 0 Å². The smallest absolute Gasteiger partial charge is 0.0443 e. The Morgan fingerprint density at radius 3 is 1.25 bits per heavy atom. The van der Waals surface area contributed by atoms with Crippen LogP contribution in [0.15, 0.2) is 170 Å².